The van der Waals surface area contributed by atoms with E-state index in [0.29, 0.717) is 37.2 Å². The molecule has 0 saturated carbocycles. The summed E-state index contributed by atoms with van der Waals surface area (Å²) in [5.41, 5.74) is 2.10. The average molecular weight is 367 g/mol. The number of nitrogens with zero attached hydrogens (tertiary/aromatic N) is 4. The number of morpholine rings is 1. The van der Waals surface area contributed by atoms with Crippen LogP contribution in [-0.4, -0.2) is 50.9 Å². The molecule has 27 heavy (non-hydrogen) atoms. The first kappa shape index (κ1) is 17.4. The summed E-state index contributed by atoms with van der Waals surface area (Å²) in [6.45, 7) is 5.22. The Morgan fingerprint density at radius 1 is 1.30 bits per heavy atom. The van der Waals surface area contributed by atoms with E-state index in [1.54, 1.807) is 11.0 Å². The molecular weight excluding hydrogens is 346 g/mol. The van der Waals surface area contributed by atoms with Crippen LogP contribution in [-0.2, 0) is 4.74 Å². The molecule has 1 amide bonds. The van der Waals surface area contributed by atoms with Crippen LogP contribution < -0.4 is 0 Å². The van der Waals surface area contributed by atoms with Crippen LogP contribution in [0.15, 0.2) is 40.9 Å². The number of hydrogen-bond donors (Lipinski definition) is 1. The van der Waals surface area contributed by atoms with Crippen LogP contribution in [0.2, 0.25) is 0 Å². The van der Waals surface area contributed by atoms with E-state index in [-0.39, 0.29) is 17.9 Å². The van der Waals surface area contributed by atoms with Gasteiger partial charge in [0.2, 0.25) is 5.89 Å². The van der Waals surface area contributed by atoms with Crippen LogP contribution in [0, 0.1) is 0 Å². The minimum absolute atomic E-state index is 0.126. The highest BCUT2D eigenvalue weighted by Gasteiger charge is 2.33. The van der Waals surface area contributed by atoms with Gasteiger partial charge < -0.3 is 14.2 Å². The SMILES string of the molecule is CC(C)c1nc([C@H]2COCCN2C(=O)c2cc(-c3ccccc3)n[nH]2)no1. The second kappa shape index (κ2) is 7.32. The van der Waals surface area contributed by atoms with Gasteiger partial charge in [-0.3, -0.25) is 9.89 Å². The van der Waals surface area contributed by atoms with Gasteiger partial charge in [0.25, 0.3) is 5.91 Å². The van der Waals surface area contributed by atoms with Gasteiger partial charge >= 0.3 is 0 Å². The normalized spacial score (nSPS) is 17.4. The predicted molar refractivity (Wildman–Crippen MR) is 97.0 cm³/mol. The summed E-state index contributed by atoms with van der Waals surface area (Å²) in [6, 6.07) is 11.1. The number of rotatable bonds is 4. The van der Waals surface area contributed by atoms with E-state index >= 15 is 0 Å². The molecule has 2 aromatic heterocycles. The number of carbonyl (C=O) groups excluding carboxylic acids is 1. The van der Waals surface area contributed by atoms with Gasteiger partial charge in [0, 0.05) is 18.0 Å². The largest absolute Gasteiger partial charge is 0.377 e. The van der Waals surface area contributed by atoms with Crippen molar-refractivity contribution >= 4 is 5.91 Å². The van der Waals surface area contributed by atoms with E-state index in [9.17, 15) is 4.79 Å². The predicted octanol–water partition coefficient (Wildman–Crippen LogP) is 2.80. The van der Waals surface area contributed by atoms with Gasteiger partial charge in [-0.15, -0.1) is 0 Å². The highest BCUT2D eigenvalue weighted by molar-refractivity contribution is 5.93. The maximum absolute atomic E-state index is 13.1. The van der Waals surface area contributed by atoms with Crippen molar-refractivity contribution < 1.29 is 14.1 Å². The fourth-order valence-electron chi connectivity index (χ4n) is 3.02. The van der Waals surface area contributed by atoms with Crippen LogP contribution in [0.1, 0.15) is 48.0 Å². The molecule has 8 nitrogen and oxygen atoms in total. The van der Waals surface area contributed by atoms with Gasteiger partial charge in [-0.05, 0) is 6.07 Å². The quantitative estimate of drug-likeness (QED) is 0.761. The molecule has 1 aromatic carbocycles. The summed E-state index contributed by atoms with van der Waals surface area (Å²) >= 11 is 0. The third-order valence-corrected chi connectivity index (χ3v) is 4.52. The Bertz CT molecular complexity index is 918. The lowest BCUT2D eigenvalue weighted by Gasteiger charge is -2.33. The van der Waals surface area contributed by atoms with Gasteiger partial charge in [-0.1, -0.05) is 49.3 Å². The summed E-state index contributed by atoms with van der Waals surface area (Å²) in [5.74, 6) is 0.986. The van der Waals surface area contributed by atoms with Crippen LogP contribution in [0.3, 0.4) is 0 Å². The molecule has 0 aliphatic carbocycles. The molecule has 0 bridgehead atoms. The zero-order valence-electron chi connectivity index (χ0n) is 15.3. The Morgan fingerprint density at radius 3 is 2.85 bits per heavy atom. The molecule has 4 rings (SSSR count). The van der Waals surface area contributed by atoms with Gasteiger partial charge in [0.1, 0.15) is 11.7 Å². The highest BCUT2D eigenvalue weighted by Crippen LogP contribution is 2.26. The number of ether oxygens (including phenoxy) is 1. The van der Waals surface area contributed by atoms with Gasteiger partial charge in [-0.25, -0.2) is 0 Å². The Kier molecular flexibility index (Phi) is 4.72. The Balaban J connectivity index is 1.58. The first-order chi connectivity index (χ1) is 13.1. The Hall–Kier alpha value is -3.00. The van der Waals surface area contributed by atoms with E-state index < -0.39 is 0 Å². The molecule has 1 aliphatic heterocycles. The van der Waals surface area contributed by atoms with Crippen molar-refractivity contribution in [1.29, 1.82) is 0 Å². The Morgan fingerprint density at radius 2 is 2.11 bits per heavy atom. The van der Waals surface area contributed by atoms with Gasteiger partial charge in [0.05, 0.1) is 18.9 Å². The van der Waals surface area contributed by atoms with Crippen molar-refractivity contribution in [2.24, 2.45) is 0 Å². The highest BCUT2D eigenvalue weighted by atomic mass is 16.5. The smallest absolute Gasteiger partial charge is 0.272 e. The van der Waals surface area contributed by atoms with Crippen molar-refractivity contribution in [3.8, 4) is 11.3 Å². The summed E-state index contributed by atoms with van der Waals surface area (Å²) in [5, 5.41) is 11.2. The van der Waals surface area contributed by atoms with E-state index in [4.69, 9.17) is 9.26 Å². The number of benzene rings is 1. The zero-order valence-corrected chi connectivity index (χ0v) is 15.3. The van der Waals surface area contributed by atoms with Crippen molar-refractivity contribution in [2.45, 2.75) is 25.8 Å². The lowest BCUT2D eigenvalue weighted by molar-refractivity contribution is -0.00607. The van der Waals surface area contributed by atoms with E-state index in [2.05, 4.69) is 20.3 Å². The minimum atomic E-state index is -0.383. The van der Waals surface area contributed by atoms with Crippen molar-refractivity contribution in [3.63, 3.8) is 0 Å². The summed E-state index contributed by atoms with van der Waals surface area (Å²) in [4.78, 5) is 19.2. The number of amides is 1. The third kappa shape index (κ3) is 3.48. The number of carbonyl (C=O) groups is 1. The molecule has 1 atom stereocenters. The van der Waals surface area contributed by atoms with E-state index in [0.717, 1.165) is 11.3 Å². The fraction of sp³-hybridized carbons (Fsp3) is 0.368. The number of hydrogen-bond acceptors (Lipinski definition) is 6. The molecule has 3 heterocycles. The van der Waals surface area contributed by atoms with Crippen molar-refractivity contribution in [2.75, 3.05) is 19.8 Å². The zero-order chi connectivity index (χ0) is 18.8. The maximum Gasteiger partial charge on any atom is 0.272 e. The lowest BCUT2D eigenvalue weighted by Crippen LogP contribution is -2.44. The minimum Gasteiger partial charge on any atom is -0.377 e. The standard InChI is InChI=1S/C19H21N5O3/c1-12(2)18-20-17(23-27-18)16-11-26-9-8-24(16)19(25)15-10-14(21-22-15)13-6-4-3-5-7-13/h3-7,10,12,16H,8-9,11H2,1-2H3,(H,21,22)/t16-/m1/s1. The first-order valence-electron chi connectivity index (χ1n) is 8.96. The topological polar surface area (TPSA) is 97.1 Å². The van der Waals surface area contributed by atoms with Crippen LogP contribution >= 0.6 is 0 Å². The number of aromatic nitrogens is 4. The number of H-pyrrole nitrogens is 1. The molecule has 0 radical (unpaired) electrons. The average Bonchev–Trinajstić information content (AvgIpc) is 3.38. The summed E-state index contributed by atoms with van der Waals surface area (Å²) < 4.78 is 10.9. The van der Waals surface area contributed by atoms with E-state index in [1.165, 1.54) is 0 Å². The van der Waals surface area contributed by atoms with Gasteiger partial charge in [-0.2, -0.15) is 10.1 Å². The molecule has 1 fully saturated rings. The number of nitrogens with one attached hydrogen (secondary N) is 1. The number of aromatic amines is 1. The molecule has 140 valence electrons. The van der Waals surface area contributed by atoms with Crippen molar-refractivity contribution in [1.82, 2.24) is 25.2 Å². The first-order valence-corrected chi connectivity index (χ1v) is 8.96. The third-order valence-electron chi connectivity index (χ3n) is 4.52. The van der Waals surface area contributed by atoms with Crippen LogP contribution in [0.5, 0.6) is 0 Å². The fourth-order valence-corrected chi connectivity index (χ4v) is 3.02. The summed E-state index contributed by atoms with van der Waals surface area (Å²) in [6.07, 6.45) is 0. The second-order valence-corrected chi connectivity index (χ2v) is 6.77. The molecule has 8 heteroatoms. The molecule has 0 unspecified atom stereocenters. The molecule has 1 aliphatic rings. The van der Waals surface area contributed by atoms with Crippen molar-refractivity contribution in [3.05, 3.63) is 53.8 Å². The molecule has 1 saturated heterocycles. The molecule has 3 aromatic rings. The second-order valence-electron chi connectivity index (χ2n) is 6.77. The Labute approximate surface area is 156 Å². The summed E-state index contributed by atoms with van der Waals surface area (Å²) in [7, 11) is 0. The molecule has 0 spiro atoms. The van der Waals surface area contributed by atoms with Gasteiger partial charge in [0.15, 0.2) is 5.82 Å². The van der Waals surface area contributed by atoms with Crippen LogP contribution in [0.4, 0.5) is 0 Å². The molecule has 1 N–H and O–H groups in total. The monoisotopic (exact) mass is 367 g/mol. The van der Waals surface area contributed by atoms with E-state index in [1.807, 2.05) is 44.2 Å². The lowest BCUT2D eigenvalue weighted by atomic mass is 10.1. The molecular formula is C19H21N5O3. The maximum atomic E-state index is 13.1. The van der Waals surface area contributed by atoms with Crippen LogP contribution in [0.25, 0.3) is 11.3 Å².